The zero-order chi connectivity index (χ0) is 25.4. The molecule has 1 aromatic carbocycles. The Bertz CT molecular complexity index is 862. The lowest BCUT2D eigenvalue weighted by Crippen LogP contribution is -2.48. The van der Waals surface area contributed by atoms with Crippen molar-refractivity contribution in [1.82, 2.24) is 4.90 Å². The summed E-state index contributed by atoms with van der Waals surface area (Å²) in [5.41, 5.74) is 0.144. The molecule has 1 amide bonds. The van der Waals surface area contributed by atoms with Gasteiger partial charge in [0.15, 0.2) is 6.29 Å². The minimum absolute atomic E-state index is 0.155. The summed E-state index contributed by atoms with van der Waals surface area (Å²) in [4.78, 5) is 26.8. The summed E-state index contributed by atoms with van der Waals surface area (Å²) in [6, 6.07) is 9.14. The second-order valence-corrected chi connectivity index (χ2v) is 10.1. The van der Waals surface area contributed by atoms with E-state index in [1.807, 2.05) is 44.2 Å². The SMILES string of the molecule is CC(C)CC1C(C=C(CCOC2CCCCO2)C(=O)O)OC(C)(C)N1C(=O)OCc1ccccc1. The zero-order valence-corrected chi connectivity index (χ0v) is 21.3. The highest BCUT2D eigenvalue weighted by atomic mass is 16.7. The molecule has 35 heavy (non-hydrogen) atoms. The van der Waals surface area contributed by atoms with Crippen LogP contribution in [0.2, 0.25) is 0 Å². The predicted molar refractivity (Wildman–Crippen MR) is 131 cm³/mol. The Balaban J connectivity index is 1.72. The van der Waals surface area contributed by atoms with E-state index in [1.54, 1.807) is 11.0 Å². The van der Waals surface area contributed by atoms with E-state index in [0.29, 0.717) is 13.0 Å². The van der Waals surface area contributed by atoms with Crippen molar-refractivity contribution in [2.75, 3.05) is 13.2 Å². The molecule has 0 saturated carbocycles. The molecule has 3 unspecified atom stereocenters. The van der Waals surface area contributed by atoms with E-state index in [9.17, 15) is 14.7 Å². The lowest BCUT2D eigenvalue weighted by atomic mass is 9.96. The lowest BCUT2D eigenvalue weighted by molar-refractivity contribution is -0.162. The summed E-state index contributed by atoms with van der Waals surface area (Å²) in [7, 11) is 0. The number of carboxylic acids is 1. The van der Waals surface area contributed by atoms with Gasteiger partial charge in [0, 0.05) is 18.6 Å². The van der Waals surface area contributed by atoms with E-state index in [-0.39, 0.29) is 43.5 Å². The van der Waals surface area contributed by atoms with E-state index in [2.05, 4.69) is 13.8 Å². The van der Waals surface area contributed by atoms with Gasteiger partial charge in [-0.25, -0.2) is 9.59 Å². The standard InChI is InChI=1S/C27H39NO7/c1-19(2)16-22-23(17-21(25(29)30)13-15-33-24-12-8-9-14-32-24)35-27(3,4)28(22)26(31)34-18-20-10-6-5-7-11-20/h5-7,10-11,17,19,22-24H,8-9,12-16,18H2,1-4H3,(H,29,30). The maximum atomic E-state index is 13.2. The normalized spacial score (nSPS) is 24.5. The van der Waals surface area contributed by atoms with Crippen LogP contribution in [0.25, 0.3) is 0 Å². The molecular formula is C27H39NO7. The summed E-state index contributed by atoms with van der Waals surface area (Å²) in [6.07, 6.45) is 4.07. The fourth-order valence-electron chi connectivity index (χ4n) is 4.63. The third-order valence-electron chi connectivity index (χ3n) is 6.28. The molecule has 0 aliphatic carbocycles. The average Bonchev–Trinajstić information content (AvgIpc) is 3.06. The zero-order valence-electron chi connectivity index (χ0n) is 21.3. The van der Waals surface area contributed by atoms with Gasteiger partial charge in [0.2, 0.25) is 0 Å². The summed E-state index contributed by atoms with van der Waals surface area (Å²) in [5, 5.41) is 9.84. The Kier molecular flexibility index (Phi) is 9.71. The minimum Gasteiger partial charge on any atom is -0.478 e. The smallest absolute Gasteiger partial charge is 0.412 e. The topological polar surface area (TPSA) is 94.5 Å². The summed E-state index contributed by atoms with van der Waals surface area (Å²) in [5.74, 6) is -0.758. The van der Waals surface area contributed by atoms with Gasteiger partial charge in [-0.15, -0.1) is 0 Å². The van der Waals surface area contributed by atoms with Gasteiger partial charge in [-0.2, -0.15) is 0 Å². The van der Waals surface area contributed by atoms with E-state index >= 15 is 0 Å². The molecule has 0 radical (unpaired) electrons. The van der Waals surface area contributed by atoms with Crippen molar-refractivity contribution in [3.8, 4) is 0 Å². The van der Waals surface area contributed by atoms with Gasteiger partial charge < -0.3 is 24.1 Å². The van der Waals surface area contributed by atoms with Crippen LogP contribution in [0.5, 0.6) is 0 Å². The molecule has 194 valence electrons. The maximum absolute atomic E-state index is 13.2. The van der Waals surface area contributed by atoms with Crippen molar-refractivity contribution in [2.45, 2.75) is 90.6 Å². The second-order valence-electron chi connectivity index (χ2n) is 10.1. The molecule has 8 nitrogen and oxygen atoms in total. The summed E-state index contributed by atoms with van der Waals surface area (Å²) < 4.78 is 23.2. The average molecular weight is 490 g/mol. The van der Waals surface area contributed by atoms with Gasteiger partial charge in [-0.3, -0.25) is 4.90 Å². The van der Waals surface area contributed by atoms with E-state index in [4.69, 9.17) is 18.9 Å². The Morgan fingerprint density at radius 1 is 1.23 bits per heavy atom. The highest BCUT2D eigenvalue weighted by Gasteiger charge is 2.50. The largest absolute Gasteiger partial charge is 0.478 e. The first-order valence-electron chi connectivity index (χ1n) is 12.5. The van der Waals surface area contributed by atoms with Crippen LogP contribution in [-0.2, 0) is 30.3 Å². The van der Waals surface area contributed by atoms with Gasteiger partial charge in [0.25, 0.3) is 0 Å². The van der Waals surface area contributed by atoms with Crippen LogP contribution in [0.3, 0.4) is 0 Å². The van der Waals surface area contributed by atoms with Crippen molar-refractivity contribution in [3.63, 3.8) is 0 Å². The number of ether oxygens (including phenoxy) is 4. The first-order valence-corrected chi connectivity index (χ1v) is 12.5. The predicted octanol–water partition coefficient (Wildman–Crippen LogP) is 5.12. The number of benzene rings is 1. The molecular weight excluding hydrogens is 450 g/mol. The van der Waals surface area contributed by atoms with Gasteiger partial charge in [0.1, 0.15) is 12.3 Å². The third kappa shape index (κ3) is 7.78. The van der Waals surface area contributed by atoms with Gasteiger partial charge in [-0.1, -0.05) is 44.2 Å². The number of hydrogen-bond acceptors (Lipinski definition) is 6. The van der Waals surface area contributed by atoms with Crippen LogP contribution in [0.15, 0.2) is 42.0 Å². The first-order chi connectivity index (χ1) is 16.7. The number of hydrogen-bond donors (Lipinski definition) is 1. The number of carbonyl (C=O) groups excluding carboxylic acids is 1. The molecule has 2 fully saturated rings. The molecule has 3 rings (SSSR count). The van der Waals surface area contributed by atoms with Crippen LogP contribution in [0, 0.1) is 5.92 Å². The molecule has 2 aliphatic heterocycles. The maximum Gasteiger partial charge on any atom is 0.412 e. The summed E-state index contributed by atoms with van der Waals surface area (Å²) >= 11 is 0. The van der Waals surface area contributed by atoms with Gasteiger partial charge in [0.05, 0.1) is 18.8 Å². The van der Waals surface area contributed by atoms with E-state index in [1.165, 1.54) is 0 Å². The number of amides is 1. The van der Waals surface area contributed by atoms with E-state index in [0.717, 1.165) is 24.8 Å². The molecule has 3 atom stereocenters. The Hall–Kier alpha value is -2.42. The fraction of sp³-hybridized carbons (Fsp3) is 0.630. The lowest BCUT2D eigenvalue weighted by Gasteiger charge is -2.33. The number of aliphatic carboxylic acids is 1. The molecule has 0 spiro atoms. The highest BCUT2D eigenvalue weighted by molar-refractivity contribution is 5.86. The first kappa shape index (κ1) is 27.2. The van der Waals surface area contributed by atoms with Gasteiger partial charge >= 0.3 is 12.1 Å². The van der Waals surface area contributed by atoms with Crippen LogP contribution in [0.4, 0.5) is 4.79 Å². The fourth-order valence-corrected chi connectivity index (χ4v) is 4.63. The monoisotopic (exact) mass is 489 g/mol. The highest BCUT2D eigenvalue weighted by Crippen LogP contribution is 2.37. The minimum atomic E-state index is -1.02. The van der Waals surface area contributed by atoms with Crippen molar-refractivity contribution in [1.29, 1.82) is 0 Å². The van der Waals surface area contributed by atoms with Crippen LogP contribution in [0.1, 0.15) is 65.4 Å². The van der Waals surface area contributed by atoms with Crippen molar-refractivity contribution < 1.29 is 33.6 Å². The Morgan fingerprint density at radius 2 is 1.97 bits per heavy atom. The quantitative estimate of drug-likeness (QED) is 0.456. The van der Waals surface area contributed by atoms with Crippen molar-refractivity contribution in [3.05, 3.63) is 47.5 Å². The molecule has 8 heteroatoms. The Morgan fingerprint density at radius 3 is 2.60 bits per heavy atom. The number of nitrogens with zero attached hydrogens (tertiary/aromatic N) is 1. The molecule has 1 aromatic rings. The number of rotatable bonds is 10. The second kappa shape index (κ2) is 12.5. The van der Waals surface area contributed by atoms with Crippen LogP contribution < -0.4 is 0 Å². The molecule has 2 heterocycles. The molecule has 2 aliphatic rings. The van der Waals surface area contributed by atoms with Crippen LogP contribution in [-0.4, -0.2) is 59.4 Å². The van der Waals surface area contributed by atoms with Crippen molar-refractivity contribution in [2.24, 2.45) is 5.92 Å². The van der Waals surface area contributed by atoms with Gasteiger partial charge in [-0.05, 0) is 57.1 Å². The summed E-state index contributed by atoms with van der Waals surface area (Å²) in [6.45, 7) is 8.82. The molecule has 1 N–H and O–H groups in total. The number of carbonyl (C=O) groups is 2. The van der Waals surface area contributed by atoms with E-state index < -0.39 is 23.9 Å². The van der Waals surface area contributed by atoms with Crippen LogP contribution >= 0.6 is 0 Å². The molecule has 0 bridgehead atoms. The molecule has 2 saturated heterocycles. The van der Waals surface area contributed by atoms with Crippen molar-refractivity contribution >= 4 is 12.1 Å². The molecule has 0 aromatic heterocycles. The Labute approximate surface area is 208 Å². The third-order valence-corrected chi connectivity index (χ3v) is 6.28. The number of carboxylic acid groups (broad SMARTS) is 1.